The van der Waals surface area contributed by atoms with Crippen LogP contribution in [0.5, 0.6) is 11.5 Å². The zero-order valence-electron chi connectivity index (χ0n) is 29.3. The van der Waals surface area contributed by atoms with E-state index in [1.807, 2.05) is 26.8 Å². The van der Waals surface area contributed by atoms with Gasteiger partial charge in [0.15, 0.2) is 0 Å². The van der Waals surface area contributed by atoms with Crippen LogP contribution in [0.4, 0.5) is 0 Å². The quantitative estimate of drug-likeness (QED) is 0.296. The highest BCUT2D eigenvalue weighted by Crippen LogP contribution is 2.39. The van der Waals surface area contributed by atoms with Gasteiger partial charge in [-0.1, -0.05) is 28.9 Å². The third-order valence-corrected chi connectivity index (χ3v) is 4.74. The summed E-state index contributed by atoms with van der Waals surface area (Å²) in [6, 6.07) is 4.85. The maximum absolute atomic E-state index is 7.54. The van der Waals surface area contributed by atoms with Gasteiger partial charge >= 0.3 is 0 Å². The summed E-state index contributed by atoms with van der Waals surface area (Å²) < 4.78 is 107. The fourth-order valence-electron chi connectivity index (χ4n) is 2.85. The van der Waals surface area contributed by atoms with Crippen LogP contribution in [0.2, 0.25) is 0 Å². The van der Waals surface area contributed by atoms with Crippen LogP contribution >= 0.6 is 0 Å². The van der Waals surface area contributed by atoms with Crippen molar-refractivity contribution in [1.29, 1.82) is 0 Å². The number of allylic oxidation sites excluding steroid dienone is 4. The lowest BCUT2D eigenvalue weighted by Gasteiger charge is -2.12. The predicted molar refractivity (Wildman–Crippen MR) is 122 cm³/mol. The minimum atomic E-state index is -2.82. The molecule has 0 amide bonds. The molecule has 1 saturated heterocycles. The average molecular weight is 411 g/mol. The molecule has 1 aliphatic heterocycles. The van der Waals surface area contributed by atoms with Crippen molar-refractivity contribution in [2.75, 3.05) is 13.2 Å². The van der Waals surface area contributed by atoms with Gasteiger partial charge < -0.3 is 14.2 Å². The second-order valence-corrected chi connectivity index (χ2v) is 7.63. The van der Waals surface area contributed by atoms with Gasteiger partial charge in [0.05, 0.1) is 11.7 Å². The topological polar surface area (TPSA) is 31.0 Å². The molecule has 160 valence electrons. The average Bonchev–Trinajstić information content (AvgIpc) is 3.40. The summed E-state index contributed by atoms with van der Waals surface area (Å²) in [5, 5.41) is 0. The van der Waals surface area contributed by atoms with Crippen molar-refractivity contribution >= 4 is 0 Å². The van der Waals surface area contributed by atoms with Gasteiger partial charge in [0, 0.05) is 22.5 Å². The Kier molecular flexibility index (Phi) is 4.20. The number of hydrogen-bond donors (Lipinski definition) is 0. The van der Waals surface area contributed by atoms with E-state index in [1.165, 1.54) is 6.07 Å². The zero-order valence-corrected chi connectivity index (χ0v) is 17.3. The largest absolute Gasteiger partial charge is 0.489 e. The summed E-state index contributed by atoms with van der Waals surface area (Å²) >= 11 is 0. The molecule has 1 aliphatic rings. The first-order chi connectivity index (χ1) is 18.5. The monoisotopic (exact) mass is 410 g/mol. The highest BCUT2D eigenvalue weighted by molar-refractivity contribution is 5.42. The van der Waals surface area contributed by atoms with E-state index in [0.29, 0.717) is 12.2 Å². The Hall–Kier alpha value is -2.00. The van der Waals surface area contributed by atoms with Crippen molar-refractivity contribution in [2.45, 2.75) is 79.1 Å². The van der Waals surface area contributed by atoms with Crippen LogP contribution in [0.15, 0.2) is 53.1 Å². The lowest BCUT2D eigenvalue weighted by Crippen LogP contribution is -2.02. The lowest BCUT2D eigenvalue weighted by molar-refractivity contribution is 0.320. The number of epoxide rings is 1. The molecule has 0 N–H and O–H groups in total. The summed E-state index contributed by atoms with van der Waals surface area (Å²) in [6.45, 7) is -5.82. The summed E-state index contributed by atoms with van der Waals surface area (Å²) in [4.78, 5) is 0. The van der Waals surface area contributed by atoms with Crippen LogP contribution in [-0.2, 0) is 11.2 Å². The SMILES string of the molecule is [2H]C([2H])([2H])C(=CCOc1ccc(C/C=C(\C)CC[C@@H]2OC2(C)C)c(OCC=C(C([2H])([2H])[2H])C([2H])([2H])[2H])c1)C([2H])([2H])[2H]. The van der Waals surface area contributed by atoms with Crippen molar-refractivity contribution in [2.24, 2.45) is 0 Å². The number of benzene rings is 1. The number of ether oxygens (including phenoxy) is 3. The Morgan fingerprint density at radius 1 is 1.07 bits per heavy atom. The molecule has 1 fully saturated rings. The molecule has 0 aliphatic carbocycles. The molecule has 3 heteroatoms. The lowest BCUT2D eigenvalue weighted by atomic mass is 10.0. The Bertz CT molecular complexity index is 1100. The number of hydrogen-bond acceptors (Lipinski definition) is 3. The molecule has 1 aromatic carbocycles. The van der Waals surface area contributed by atoms with Crippen molar-refractivity contribution in [3.63, 3.8) is 0 Å². The van der Waals surface area contributed by atoms with Crippen LogP contribution in [-0.4, -0.2) is 24.9 Å². The normalized spacial score (nSPS) is 25.3. The standard InChI is InChI=1S/C26H38O3/c1-19(2)14-16-27-23-12-11-22(24(18-23)28-17-15-20(3)4)10-8-21(5)9-13-25-26(6,7)29-25/h8,11-12,14-15,18,25H,9-10,13,16-17H2,1-7H3/b21-8+/t25-/m0/s1/i1D3,2D3,3D3,4D3. The molecule has 2 rings (SSSR count). The van der Waals surface area contributed by atoms with E-state index in [-0.39, 0.29) is 30.7 Å². The van der Waals surface area contributed by atoms with E-state index >= 15 is 0 Å². The molecule has 0 radical (unpaired) electrons. The maximum atomic E-state index is 7.54. The summed E-state index contributed by atoms with van der Waals surface area (Å²) in [6.07, 6.45) is 6.50. The Morgan fingerprint density at radius 2 is 1.72 bits per heavy atom. The molecule has 0 spiro atoms. The molecule has 29 heavy (non-hydrogen) atoms. The summed E-state index contributed by atoms with van der Waals surface area (Å²) in [5.41, 5.74) is 0.369. The fraction of sp³-hybridized carbons (Fsp3) is 0.538. The van der Waals surface area contributed by atoms with Gasteiger partial charge in [-0.15, -0.1) is 0 Å². The van der Waals surface area contributed by atoms with Crippen molar-refractivity contribution < 1.29 is 30.7 Å². The van der Waals surface area contributed by atoms with Gasteiger partial charge in [-0.3, -0.25) is 0 Å². The molecule has 0 aromatic heterocycles. The van der Waals surface area contributed by atoms with Crippen LogP contribution < -0.4 is 9.47 Å². The van der Waals surface area contributed by atoms with E-state index in [9.17, 15) is 0 Å². The second kappa shape index (κ2) is 10.7. The van der Waals surface area contributed by atoms with Crippen LogP contribution in [0.25, 0.3) is 0 Å². The molecule has 3 nitrogen and oxygen atoms in total. The van der Waals surface area contributed by atoms with Gasteiger partial charge in [-0.25, -0.2) is 0 Å². The Labute approximate surface area is 194 Å². The van der Waals surface area contributed by atoms with E-state index in [2.05, 4.69) is 0 Å². The second-order valence-electron chi connectivity index (χ2n) is 7.63. The zero-order chi connectivity index (χ0) is 31.4. The fourth-order valence-corrected chi connectivity index (χ4v) is 2.85. The molecular weight excluding hydrogens is 360 g/mol. The van der Waals surface area contributed by atoms with Crippen LogP contribution in [0.3, 0.4) is 0 Å². The molecule has 0 unspecified atom stereocenters. The Balaban J connectivity index is 2.26. The van der Waals surface area contributed by atoms with E-state index in [1.54, 1.807) is 12.1 Å². The third kappa shape index (κ3) is 8.49. The van der Waals surface area contributed by atoms with Crippen molar-refractivity contribution in [1.82, 2.24) is 0 Å². The molecule has 1 atom stereocenters. The van der Waals surface area contributed by atoms with Gasteiger partial charge in [-0.05, 0) is 91.2 Å². The third-order valence-electron chi connectivity index (χ3n) is 4.74. The van der Waals surface area contributed by atoms with E-state index < -0.39 is 38.6 Å². The first-order valence-corrected chi connectivity index (χ1v) is 9.66. The van der Waals surface area contributed by atoms with Gasteiger partial charge in [-0.2, -0.15) is 0 Å². The predicted octanol–water partition coefficient (Wildman–Crippen LogP) is 6.82. The first kappa shape index (κ1) is 11.4. The summed E-state index contributed by atoms with van der Waals surface area (Å²) in [5.74, 6) is 0.556. The smallest absolute Gasteiger partial charge is 0.126 e. The molecule has 0 bridgehead atoms. The van der Waals surface area contributed by atoms with Gasteiger partial charge in [0.1, 0.15) is 24.7 Å². The minimum Gasteiger partial charge on any atom is -0.489 e. The first-order valence-electron chi connectivity index (χ1n) is 15.7. The molecule has 1 aromatic rings. The van der Waals surface area contributed by atoms with Gasteiger partial charge in [0.25, 0.3) is 0 Å². The minimum absolute atomic E-state index is 0.0874. The molecule has 0 saturated carbocycles. The maximum Gasteiger partial charge on any atom is 0.126 e. The van der Waals surface area contributed by atoms with Crippen molar-refractivity contribution in [3.8, 4) is 11.5 Å². The summed E-state index contributed by atoms with van der Waals surface area (Å²) in [7, 11) is 0. The number of rotatable bonds is 11. The highest BCUT2D eigenvalue weighted by Gasteiger charge is 2.46. The molecular formula is C26H38O3. The van der Waals surface area contributed by atoms with E-state index in [4.69, 9.17) is 30.7 Å². The van der Waals surface area contributed by atoms with Crippen LogP contribution in [0.1, 0.15) is 83.0 Å². The van der Waals surface area contributed by atoms with Crippen LogP contribution in [0, 0.1) is 0 Å². The van der Waals surface area contributed by atoms with E-state index in [0.717, 1.165) is 36.1 Å². The molecule has 1 heterocycles. The Morgan fingerprint density at radius 3 is 2.34 bits per heavy atom. The van der Waals surface area contributed by atoms with Gasteiger partial charge in [0.2, 0.25) is 0 Å². The van der Waals surface area contributed by atoms with Crippen molar-refractivity contribution in [3.05, 3.63) is 58.7 Å². The highest BCUT2D eigenvalue weighted by atomic mass is 16.6.